The second kappa shape index (κ2) is 5.70. The Labute approximate surface area is 71.5 Å². The van der Waals surface area contributed by atoms with Gasteiger partial charge in [-0.05, 0) is 0 Å². The molecule has 0 aliphatic heterocycles. The van der Waals surface area contributed by atoms with Crippen LogP contribution < -0.4 is 14.7 Å². The maximum Gasteiger partial charge on any atom is 3.00 e. The summed E-state index contributed by atoms with van der Waals surface area (Å²) in [5, 5.41) is 0. The smallest absolute Gasteiger partial charge is 0.822 e. The van der Waals surface area contributed by atoms with Crippen LogP contribution in [0.2, 0.25) is 0 Å². The van der Waals surface area contributed by atoms with Gasteiger partial charge in [0.25, 0.3) is 0 Å². The van der Waals surface area contributed by atoms with Crippen molar-refractivity contribution in [3.63, 3.8) is 0 Å². The summed E-state index contributed by atoms with van der Waals surface area (Å²) in [5.74, 6) is 0. The fourth-order valence-electron chi connectivity index (χ4n) is 0. The van der Waals surface area contributed by atoms with Crippen LogP contribution >= 0.6 is 7.82 Å². The van der Waals surface area contributed by atoms with E-state index >= 15 is 0 Å². The molecule has 7 heteroatoms. The van der Waals surface area contributed by atoms with E-state index in [2.05, 4.69) is 0 Å². The van der Waals surface area contributed by atoms with Gasteiger partial charge in [-0.1, -0.05) is 0 Å². The molecule has 0 atom stereocenters. The number of hydrogen-bond donors (Lipinski definition) is 0. The molecule has 0 aliphatic rings. The minimum Gasteiger partial charge on any atom is -0.822 e. The summed E-state index contributed by atoms with van der Waals surface area (Å²) >= 11 is 0. The van der Waals surface area contributed by atoms with Gasteiger partial charge in [0.2, 0.25) is 0 Å². The van der Waals surface area contributed by atoms with Gasteiger partial charge in [0.05, 0.1) is 0 Å². The molecular formula is AlCdO4P+2. The van der Waals surface area contributed by atoms with Crippen LogP contribution in [0, 0.1) is 0 Å². The normalized spacial score (nSPS) is 8.43. The molecule has 0 spiro atoms. The monoisotopic (exact) mass is 236 g/mol. The summed E-state index contributed by atoms with van der Waals surface area (Å²) in [6.07, 6.45) is 0. The molecule has 4 nitrogen and oxygen atoms in total. The second-order valence-corrected chi connectivity index (χ2v) is 1.34. The molecule has 0 fully saturated rings. The summed E-state index contributed by atoms with van der Waals surface area (Å²) in [6, 6.07) is 0. The molecule has 0 aliphatic carbocycles. The van der Waals surface area contributed by atoms with Gasteiger partial charge in [-0.15, -0.1) is 0 Å². The Bertz CT molecular complexity index is 57.8. The number of rotatable bonds is 0. The van der Waals surface area contributed by atoms with Crippen molar-refractivity contribution >= 4 is 25.2 Å². The zero-order valence-electron chi connectivity index (χ0n) is 3.36. The van der Waals surface area contributed by atoms with Crippen molar-refractivity contribution in [1.29, 1.82) is 0 Å². The van der Waals surface area contributed by atoms with E-state index in [4.69, 9.17) is 19.2 Å². The minimum atomic E-state index is -5.39. The standard InChI is InChI=1S/Al.Cd.H3O4P/c;;1-5(2,3)4/h;;(H3,1,2,3,4)/q+3;+2;/p-3. The maximum absolute atomic E-state index is 8.55. The van der Waals surface area contributed by atoms with E-state index < -0.39 is 7.82 Å². The third kappa shape index (κ3) is 95.7. The van der Waals surface area contributed by atoms with E-state index in [0.717, 1.165) is 0 Å². The zero-order chi connectivity index (χ0) is 4.50. The Kier molecular flexibility index (Phi) is 12.9. The third-order valence-electron chi connectivity index (χ3n) is 0. The van der Waals surface area contributed by atoms with Gasteiger partial charge in [0.1, 0.15) is 0 Å². The first-order chi connectivity index (χ1) is 2.00. The summed E-state index contributed by atoms with van der Waals surface area (Å²) in [4.78, 5) is 25.6. The molecule has 0 amide bonds. The second-order valence-electron chi connectivity index (χ2n) is 0.447. The Balaban J connectivity index is -0.0000000800. The largest absolute Gasteiger partial charge is 3.00 e. The van der Waals surface area contributed by atoms with Gasteiger partial charge < -0.3 is 19.2 Å². The van der Waals surface area contributed by atoms with E-state index in [1.54, 1.807) is 0 Å². The molecule has 0 saturated heterocycles. The summed E-state index contributed by atoms with van der Waals surface area (Å²) in [5.41, 5.74) is 0. The van der Waals surface area contributed by atoms with Crippen LogP contribution in [0.5, 0.6) is 0 Å². The van der Waals surface area contributed by atoms with Crippen molar-refractivity contribution in [1.82, 2.24) is 0 Å². The van der Waals surface area contributed by atoms with Crippen LogP contribution in [0.25, 0.3) is 0 Å². The van der Waals surface area contributed by atoms with Crippen molar-refractivity contribution in [2.75, 3.05) is 0 Å². The summed E-state index contributed by atoms with van der Waals surface area (Å²) < 4.78 is 8.55. The van der Waals surface area contributed by atoms with Crippen LogP contribution in [0.15, 0.2) is 0 Å². The molecule has 0 N–H and O–H groups in total. The first kappa shape index (κ1) is 15.8. The Hall–Kier alpha value is 1.56. The third-order valence-corrected chi connectivity index (χ3v) is 0. The van der Waals surface area contributed by atoms with Gasteiger partial charge in [-0.25, -0.2) is 0 Å². The maximum atomic E-state index is 8.55. The molecule has 0 aromatic heterocycles. The van der Waals surface area contributed by atoms with Crippen molar-refractivity contribution in [3.8, 4) is 0 Å². The molecule has 32 valence electrons. The molecule has 0 bridgehead atoms. The topological polar surface area (TPSA) is 86.2 Å². The van der Waals surface area contributed by atoms with E-state index in [1.165, 1.54) is 0 Å². The van der Waals surface area contributed by atoms with Crippen LogP contribution in [0.4, 0.5) is 0 Å². The van der Waals surface area contributed by atoms with E-state index in [9.17, 15) is 0 Å². The average molecular weight is 234 g/mol. The van der Waals surface area contributed by atoms with Crippen LogP contribution in [-0.2, 0) is 31.9 Å². The van der Waals surface area contributed by atoms with E-state index in [1.807, 2.05) is 0 Å². The van der Waals surface area contributed by atoms with Crippen LogP contribution in [0.3, 0.4) is 0 Å². The Morgan fingerprint density at radius 1 is 1.14 bits per heavy atom. The molecule has 0 aromatic rings. The molecule has 0 heterocycles. The van der Waals surface area contributed by atoms with Crippen molar-refractivity contribution in [2.24, 2.45) is 0 Å². The number of hydrogen-bond acceptors (Lipinski definition) is 4. The first-order valence-electron chi connectivity index (χ1n) is 0.730. The minimum absolute atomic E-state index is 0. The fraction of sp³-hybridized carbons (Fsp3) is 0. The Morgan fingerprint density at radius 2 is 1.14 bits per heavy atom. The molecular weight excluding hydrogens is 234 g/mol. The molecule has 0 rings (SSSR count). The molecule has 0 aromatic carbocycles. The van der Waals surface area contributed by atoms with E-state index in [0.29, 0.717) is 0 Å². The van der Waals surface area contributed by atoms with Gasteiger partial charge >= 0.3 is 44.7 Å². The van der Waals surface area contributed by atoms with Crippen LogP contribution in [0.1, 0.15) is 0 Å². The molecule has 0 saturated carbocycles. The van der Waals surface area contributed by atoms with Gasteiger partial charge in [0, 0.05) is 0 Å². The van der Waals surface area contributed by atoms with E-state index in [-0.39, 0.29) is 44.7 Å². The Morgan fingerprint density at radius 3 is 1.14 bits per heavy atom. The predicted octanol–water partition coefficient (Wildman–Crippen LogP) is -3.21. The number of phosphoric acid groups is 1. The summed E-state index contributed by atoms with van der Waals surface area (Å²) in [7, 11) is -5.39. The SMILES string of the molecule is O=P([O-])([O-])[O-].[Al+3].[Cd+2]. The van der Waals surface area contributed by atoms with Gasteiger partial charge in [-0.2, -0.15) is 7.82 Å². The summed E-state index contributed by atoms with van der Waals surface area (Å²) in [6.45, 7) is 0. The molecule has 7 heavy (non-hydrogen) atoms. The molecule has 0 radical (unpaired) electrons. The molecule has 0 unspecified atom stereocenters. The first-order valence-corrected chi connectivity index (χ1v) is 2.19. The van der Waals surface area contributed by atoms with Gasteiger partial charge in [-0.3, -0.25) is 0 Å². The quantitative estimate of drug-likeness (QED) is 0.326. The van der Waals surface area contributed by atoms with Crippen molar-refractivity contribution in [3.05, 3.63) is 0 Å². The van der Waals surface area contributed by atoms with Gasteiger partial charge in [0.15, 0.2) is 0 Å². The fourth-order valence-corrected chi connectivity index (χ4v) is 0. The average Bonchev–Trinajstić information content (AvgIpc) is 0.722. The zero-order valence-corrected chi connectivity index (χ0v) is 9.45. The predicted molar refractivity (Wildman–Crippen MR) is 13.4 cm³/mol. The van der Waals surface area contributed by atoms with Crippen molar-refractivity contribution < 1.29 is 46.5 Å². The van der Waals surface area contributed by atoms with Crippen LogP contribution in [-0.4, -0.2) is 17.4 Å². The van der Waals surface area contributed by atoms with Crippen molar-refractivity contribution in [2.45, 2.75) is 0 Å².